The second kappa shape index (κ2) is 2.49. The Morgan fingerprint density at radius 3 is 2.92 bits per heavy atom. The Balaban J connectivity index is 2.18. The third-order valence-electron chi connectivity index (χ3n) is 2.38. The van der Waals surface area contributed by atoms with Crippen LogP contribution < -0.4 is 9.47 Å². The lowest BCUT2D eigenvalue weighted by molar-refractivity contribution is 0.174. The number of ether oxygens (including phenoxy) is 2. The van der Waals surface area contributed by atoms with Gasteiger partial charge < -0.3 is 9.47 Å². The standard InChI is InChI=1S/C10H9NO2/c1-2-11-5-8-4-10-9(3-7(1)8)12-6-13-10/h3-5H,1-2,6H2. The van der Waals surface area contributed by atoms with E-state index in [0.29, 0.717) is 6.79 Å². The molecule has 3 nitrogen and oxygen atoms in total. The van der Waals surface area contributed by atoms with Crippen molar-refractivity contribution in [1.82, 2.24) is 0 Å². The van der Waals surface area contributed by atoms with E-state index in [9.17, 15) is 0 Å². The zero-order valence-corrected chi connectivity index (χ0v) is 7.12. The molecule has 0 aliphatic carbocycles. The van der Waals surface area contributed by atoms with Crippen LogP contribution in [0.5, 0.6) is 11.5 Å². The highest BCUT2D eigenvalue weighted by atomic mass is 16.7. The van der Waals surface area contributed by atoms with Crippen LogP contribution in [0.2, 0.25) is 0 Å². The van der Waals surface area contributed by atoms with Crippen molar-refractivity contribution in [1.29, 1.82) is 0 Å². The highest BCUT2D eigenvalue weighted by Crippen LogP contribution is 2.35. The van der Waals surface area contributed by atoms with Crippen LogP contribution in [0, 0.1) is 0 Å². The lowest BCUT2D eigenvalue weighted by Crippen LogP contribution is -2.02. The fraction of sp³-hybridized carbons (Fsp3) is 0.300. The molecular formula is C10H9NO2. The SMILES string of the molecule is C1=NCCc2cc3c(cc21)OCO3. The summed E-state index contributed by atoms with van der Waals surface area (Å²) in [5.74, 6) is 1.71. The second-order valence-corrected chi connectivity index (χ2v) is 3.19. The van der Waals surface area contributed by atoms with Crippen LogP contribution in [0.1, 0.15) is 11.1 Å². The molecule has 0 spiro atoms. The average Bonchev–Trinajstić information content (AvgIpc) is 2.61. The van der Waals surface area contributed by atoms with Gasteiger partial charge in [-0.05, 0) is 29.7 Å². The molecule has 1 aromatic rings. The molecule has 0 saturated carbocycles. The maximum Gasteiger partial charge on any atom is 0.231 e. The summed E-state index contributed by atoms with van der Waals surface area (Å²) in [6, 6.07) is 4.06. The zero-order chi connectivity index (χ0) is 8.67. The van der Waals surface area contributed by atoms with Gasteiger partial charge in [-0.3, -0.25) is 4.99 Å². The van der Waals surface area contributed by atoms with Gasteiger partial charge in [-0.15, -0.1) is 0 Å². The predicted octanol–water partition coefficient (Wildman–Crippen LogP) is 1.39. The number of nitrogens with zero attached hydrogens (tertiary/aromatic N) is 1. The van der Waals surface area contributed by atoms with Gasteiger partial charge in [0.2, 0.25) is 6.79 Å². The first-order chi connectivity index (χ1) is 6.43. The fourth-order valence-corrected chi connectivity index (χ4v) is 1.68. The van der Waals surface area contributed by atoms with Crippen molar-refractivity contribution in [3.8, 4) is 11.5 Å². The maximum atomic E-state index is 5.30. The first-order valence-corrected chi connectivity index (χ1v) is 4.36. The van der Waals surface area contributed by atoms with E-state index in [2.05, 4.69) is 11.1 Å². The molecule has 0 amide bonds. The summed E-state index contributed by atoms with van der Waals surface area (Å²) in [6.07, 6.45) is 2.91. The quantitative estimate of drug-likeness (QED) is 0.596. The van der Waals surface area contributed by atoms with Crippen LogP contribution in [0.25, 0.3) is 0 Å². The Bertz CT molecular complexity index is 385. The van der Waals surface area contributed by atoms with Crippen LogP contribution in [0.15, 0.2) is 17.1 Å². The molecule has 0 fully saturated rings. The maximum absolute atomic E-state index is 5.30. The van der Waals surface area contributed by atoms with Gasteiger partial charge in [0, 0.05) is 12.8 Å². The third-order valence-corrected chi connectivity index (χ3v) is 2.38. The van der Waals surface area contributed by atoms with Crippen molar-refractivity contribution < 1.29 is 9.47 Å². The Hall–Kier alpha value is -1.51. The molecule has 0 N–H and O–H groups in total. The van der Waals surface area contributed by atoms with Gasteiger partial charge >= 0.3 is 0 Å². The van der Waals surface area contributed by atoms with E-state index in [-0.39, 0.29) is 0 Å². The van der Waals surface area contributed by atoms with Gasteiger partial charge in [-0.25, -0.2) is 0 Å². The largest absolute Gasteiger partial charge is 0.454 e. The molecule has 0 aromatic heterocycles. The second-order valence-electron chi connectivity index (χ2n) is 3.19. The molecule has 0 saturated heterocycles. The van der Waals surface area contributed by atoms with Crippen LogP contribution >= 0.6 is 0 Å². The lowest BCUT2D eigenvalue weighted by atomic mass is 10.0. The molecule has 2 heterocycles. The molecule has 0 bridgehead atoms. The molecule has 0 unspecified atom stereocenters. The molecule has 0 atom stereocenters. The van der Waals surface area contributed by atoms with Crippen molar-refractivity contribution in [3.63, 3.8) is 0 Å². The number of hydrogen-bond donors (Lipinski definition) is 0. The third kappa shape index (κ3) is 1.00. The molecule has 3 heteroatoms. The highest BCUT2D eigenvalue weighted by molar-refractivity contribution is 5.84. The monoisotopic (exact) mass is 175 g/mol. The van der Waals surface area contributed by atoms with E-state index in [4.69, 9.17) is 9.47 Å². The lowest BCUT2D eigenvalue weighted by Gasteiger charge is -2.09. The summed E-state index contributed by atoms with van der Waals surface area (Å²) in [6.45, 7) is 1.22. The average molecular weight is 175 g/mol. The Kier molecular flexibility index (Phi) is 1.33. The van der Waals surface area contributed by atoms with Crippen LogP contribution in [0.4, 0.5) is 0 Å². The number of aliphatic imine (C=N–C) groups is 1. The zero-order valence-electron chi connectivity index (χ0n) is 7.12. The normalized spacial score (nSPS) is 17.2. The van der Waals surface area contributed by atoms with E-state index in [1.807, 2.05) is 12.3 Å². The smallest absolute Gasteiger partial charge is 0.231 e. The van der Waals surface area contributed by atoms with Gasteiger partial charge in [0.25, 0.3) is 0 Å². The molecule has 66 valence electrons. The molecule has 2 aliphatic rings. The van der Waals surface area contributed by atoms with Crippen LogP contribution in [-0.2, 0) is 6.42 Å². The minimum absolute atomic E-state index is 0.343. The Morgan fingerprint density at radius 2 is 2.00 bits per heavy atom. The number of benzene rings is 1. The summed E-state index contributed by atoms with van der Waals surface area (Å²) < 4.78 is 10.6. The van der Waals surface area contributed by atoms with Gasteiger partial charge in [0.1, 0.15) is 0 Å². The molecule has 13 heavy (non-hydrogen) atoms. The summed E-state index contributed by atoms with van der Waals surface area (Å²) in [5, 5.41) is 0. The van der Waals surface area contributed by atoms with Crippen molar-refractivity contribution >= 4 is 6.21 Å². The first kappa shape index (κ1) is 6.95. The van der Waals surface area contributed by atoms with Crippen molar-refractivity contribution in [3.05, 3.63) is 23.3 Å². The van der Waals surface area contributed by atoms with Gasteiger partial charge in [0.05, 0.1) is 0 Å². The Morgan fingerprint density at radius 1 is 1.15 bits per heavy atom. The van der Waals surface area contributed by atoms with E-state index in [0.717, 1.165) is 30.0 Å². The number of fused-ring (bicyclic) bond motifs is 2. The fourth-order valence-electron chi connectivity index (χ4n) is 1.68. The number of rotatable bonds is 0. The van der Waals surface area contributed by atoms with Crippen molar-refractivity contribution in [2.75, 3.05) is 13.3 Å². The Labute approximate surface area is 76.0 Å². The van der Waals surface area contributed by atoms with E-state index in [1.54, 1.807) is 0 Å². The van der Waals surface area contributed by atoms with E-state index in [1.165, 1.54) is 5.56 Å². The van der Waals surface area contributed by atoms with Crippen molar-refractivity contribution in [2.45, 2.75) is 6.42 Å². The van der Waals surface area contributed by atoms with Crippen molar-refractivity contribution in [2.24, 2.45) is 4.99 Å². The van der Waals surface area contributed by atoms with Crippen LogP contribution in [0.3, 0.4) is 0 Å². The summed E-state index contributed by atoms with van der Waals surface area (Å²) in [7, 11) is 0. The molecule has 2 aliphatic heterocycles. The molecular weight excluding hydrogens is 166 g/mol. The first-order valence-electron chi connectivity index (χ1n) is 4.36. The number of hydrogen-bond acceptors (Lipinski definition) is 3. The summed E-state index contributed by atoms with van der Waals surface area (Å²) in [5.41, 5.74) is 2.47. The van der Waals surface area contributed by atoms with Gasteiger partial charge in [0.15, 0.2) is 11.5 Å². The minimum Gasteiger partial charge on any atom is -0.454 e. The molecule has 0 radical (unpaired) electrons. The van der Waals surface area contributed by atoms with Crippen LogP contribution in [-0.4, -0.2) is 19.6 Å². The summed E-state index contributed by atoms with van der Waals surface area (Å²) in [4.78, 5) is 4.22. The topological polar surface area (TPSA) is 30.8 Å². The van der Waals surface area contributed by atoms with E-state index < -0.39 is 0 Å². The minimum atomic E-state index is 0.343. The summed E-state index contributed by atoms with van der Waals surface area (Å²) >= 11 is 0. The van der Waals surface area contributed by atoms with Gasteiger partial charge in [-0.1, -0.05) is 0 Å². The molecule has 1 aromatic carbocycles. The highest BCUT2D eigenvalue weighted by Gasteiger charge is 2.17. The van der Waals surface area contributed by atoms with E-state index >= 15 is 0 Å². The molecule has 3 rings (SSSR count). The van der Waals surface area contributed by atoms with Gasteiger partial charge in [-0.2, -0.15) is 0 Å². The predicted molar refractivity (Wildman–Crippen MR) is 48.7 cm³/mol.